The highest BCUT2D eigenvalue weighted by Gasteiger charge is 2.38. The molecule has 4 aromatic heterocycles. The van der Waals surface area contributed by atoms with Gasteiger partial charge in [-0.05, 0) is 38.4 Å². The van der Waals surface area contributed by atoms with Crippen molar-refractivity contribution in [1.29, 1.82) is 0 Å². The van der Waals surface area contributed by atoms with Crippen molar-refractivity contribution in [2.75, 3.05) is 20.1 Å². The summed E-state index contributed by atoms with van der Waals surface area (Å²) >= 11 is 0. The van der Waals surface area contributed by atoms with Crippen LogP contribution in [0.4, 0.5) is 13.2 Å². The number of H-pyrrole nitrogens is 1. The fraction of sp³-hybridized carbons (Fsp3) is 0.440. The third-order valence-corrected chi connectivity index (χ3v) is 6.69. The van der Waals surface area contributed by atoms with Gasteiger partial charge in [0, 0.05) is 66.0 Å². The Balaban J connectivity index is 1.61. The highest BCUT2D eigenvalue weighted by Crippen LogP contribution is 2.39. The predicted molar refractivity (Wildman–Crippen MR) is 133 cm³/mol. The number of hydrogen-bond acceptors (Lipinski definition) is 5. The molecule has 0 saturated carbocycles. The summed E-state index contributed by atoms with van der Waals surface area (Å²) in [4.78, 5) is 20.3. The fourth-order valence-electron chi connectivity index (χ4n) is 4.86. The minimum atomic E-state index is -4.59. The van der Waals surface area contributed by atoms with E-state index < -0.39 is 11.9 Å². The second-order valence-electron chi connectivity index (χ2n) is 9.45. The number of nitrogens with one attached hydrogen (secondary N) is 2. The van der Waals surface area contributed by atoms with Gasteiger partial charge in [0.15, 0.2) is 5.69 Å². The molecule has 196 valence electrons. The SMILES string of the molecule is CCCn1cc(-c2c[nH]c3ncc(-c4cn(C5CCNCC5)nc4CN(C)C=O)cc23)c(C(F)(F)F)n1. The van der Waals surface area contributed by atoms with Gasteiger partial charge in [-0.15, -0.1) is 0 Å². The number of hydrogen-bond donors (Lipinski definition) is 2. The van der Waals surface area contributed by atoms with Crippen LogP contribution >= 0.6 is 0 Å². The Morgan fingerprint density at radius 2 is 1.95 bits per heavy atom. The molecule has 1 fully saturated rings. The van der Waals surface area contributed by atoms with Gasteiger partial charge >= 0.3 is 6.18 Å². The van der Waals surface area contributed by atoms with E-state index in [1.807, 2.05) is 23.9 Å². The molecule has 0 aromatic carbocycles. The highest BCUT2D eigenvalue weighted by molar-refractivity contribution is 5.96. The molecular weight excluding hydrogens is 485 g/mol. The lowest BCUT2D eigenvalue weighted by Gasteiger charge is -2.22. The quantitative estimate of drug-likeness (QED) is 0.343. The molecule has 2 N–H and O–H groups in total. The molecule has 1 saturated heterocycles. The number of piperidine rings is 1. The van der Waals surface area contributed by atoms with Crippen LogP contribution in [0, 0.1) is 0 Å². The molecule has 0 unspecified atom stereocenters. The molecule has 0 bridgehead atoms. The molecule has 0 spiro atoms. The summed E-state index contributed by atoms with van der Waals surface area (Å²) in [5, 5.41) is 12.5. The van der Waals surface area contributed by atoms with E-state index in [0.29, 0.717) is 41.8 Å². The lowest BCUT2D eigenvalue weighted by molar-refractivity contribution is -0.141. The van der Waals surface area contributed by atoms with E-state index >= 15 is 0 Å². The highest BCUT2D eigenvalue weighted by atomic mass is 19.4. The van der Waals surface area contributed by atoms with Crippen molar-refractivity contribution in [3.63, 3.8) is 0 Å². The van der Waals surface area contributed by atoms with Crippen molar-refractivity contribution < 1.29 is 18.0 Å². The number of aryl methyl sites for hydroxylation is 1. The lowest BCUT2D eigenvalue weighted by Crippen LogP contribution is -2.29. The zero-order valence-corrected chi connectivity index (χ0v) is 20.7. The Bertz CT molecular complexity index is 1400. The second-order valence-corrected chi connectivity index (χ2v) is 9.45. The smallest absolute Gasteiger partial charge is 0.346 e. The molecular formula is C25H29F3N8O. The summed E-state index contributed by atoms with van der Waals surface area (Å²) < 4.78 is 44.9. The van der Waals surface area contributed by atoms with Crippen molar-refractivity contribution in [3.8, 4) is 22.3 Å². The van der Waals surface area contributed by atoms with E-state index in [1.165, 1.54) is 15.8 Å². The first-order valence-corrected chi connectivity index (χ1v) is 12.3. The normalized spacial score (nSPS) is 14.9. The molecule has 5 rings (SSSR count). The van der Waals surface area contributed by atoms with Crippen molar-refractivity contribution >= 4 is 17.4 Å². The van der Waals surface area contributed by atoms with Gasteiger partial charge in [-0.1, -0.05) is 6.92 Å². The van der Waals surface area contributed by atoms with Crippen molar-refractivity contribution in [2.24, 2.45) is 0 Å². The number of amides is 1. The van der Waals surface area contributed by atoms with Crippen LogP contribution in [0.15, 0.2) is 30.9 Å². The summed E-state index contributed by atoms with van der Waals surface area (Å²) in [5.41, 5.74) is 2.18. The first kappa shape index (κ1) is 25.0. The zero-order valence-electron chi connectivity index (χ0n) is 20.7. The molecule has 1 amide bonds. The number of halogens is 3. The van der Waals surface area contributed by atoms with Gasteiger partial charge in [0.25, 0.3) is 0 Å². The third kappa shape index (κ3) is 4.97. The Morgan fingerprint density at radius 1 is 1.16 bits per heavy atom. The van der Waals surface area contributed by atoms with Crippen LogP contribution < -0.4 is 5.32 Å². The Kier molecular flexibility index (Phi) is 6.76. The topological polar surface area (TPSA) is 96.7 Å². The van der Waals surface area contributed by atoms with Crippen LogP contribution in [0.2, 0.25) is 0 Å². The summed E-state index contributed by atoms with van der Waals surface area (Å²) in [6.45, 7) is 4.38. The molecule has 12 heteroatoms. The molecule has 0 radical (unpaired) electrons. The largest absolute Gasteiger partial charge is 0.435 e. The molecule has 0 atom stereocenters. The van der Waals surface area contributed by atoms with E-state index in [2.05, 4.69) is 20.4 Å². The van der Waals surface area contributed by atoms with Crippen molar-refractivity contribution in [1.82, 2.24) is 39.7 Å². The van der Waals surface area contributed by atoms with E-state index in [1.54, 1.807) is 19.4 Å². The van der Waals surface area contributed by atoms with Crippen LogP contribution in [-0.4, -0.2) is 61.0 Å². The van der Waals surface area contributed by atoms with Crippen LogP contribution in [-0.2, 0) is 24.1 Å². The average Bonchev–Trinajstić information content (AvgIpc) is 3.60. The Labute approximate surface area is 211 Å². The maximum atomic E-state index is 13.9. The Hall–Kier alpha value is -3.67. The second kappa shape index (κ2) is 10.0. The van der Waals surface area contributed by atoms with Crippen molar-refractivity contribution in [2.45, 2.75) is 51.5 Å². The number of pyridine rings is 1. The maximum Gasteiger partial charge on any atom is 0.435 e. The molecule has 37 heavy (non-hydrogen) atoms. The maximum absolute atomic E-state index is 13.9. The van der Waals surface area contributed by atoms with Gasteiger partial charge in [-0.3, -0.25) is 14.2 Å². The van der Waals surface area contributed by atoms with Crippen LogP contribution in [0.1, 0.15) is 43.6 Å². The number of aromatic amines is 1. The minimum absolute atomic E-state index is 0.0115. The number of nitrogens with zero attached hydrogens (tertiary/aromatic N) is 6. The zero-order chi connectivity index (χ0) is 26.2. The van der Waals surface area contributed by atoms with E-state index in [9.17, 15) is 18.0 Å². The lowest BCUT2D eigenvalue weighted by atomic mass is 10.0. The Morgan fingerprint density at radius 3 is 2.65 bits per heavy atom. The van der Waals surface area contributed by atoms with Gasteiger partial charge < -0.3 is 15.2 Å². The summed E-state index contributed by atoms with van der Waals surface area (Å²) in [6, 6.07) is 2.06. The first-order chi connectivity index (χ1) is 17.8. The van der Waals surface area contributed by atoms with Crippen LogP contribution in [0.5, 0.6) is 0 Å². The molecule has 0 aliphatic carbocycles. The van der Waals surface area contributed by atoms with E-state index in [0.717, 1.165) is 43.5 Å². The summed E-state index contributed by atoms with van der Waals surface area (Å²) in [7, 11) is 1.68. The number of aromatic nitrogens is 6. The van der Waals surface area contributed by atoms with Gasteiger partial charge in [-0.25, -0.2) is 4.98 Å². The standard InChI is InChI=1S/C25H29F3N8O/c1-3-8-35-12-21(23(33-35)25(26,27)28)19-11-31-24-18(19)9-16(10-30-24)20-13-36(17-4-6-29-7-5-17)32-22(20)14-34(2)15-37/h9-13,15,17,29H,3-8,14H2,1-2H3,(H,30,31). The number of carbonyl (C=O) groups is 1. The third-order valence-electron chi connectivity index (χ3n) is 6.69. The number of fused-ring (bicyclic) bond motifs is 1. The van der Waals surface area contributed by atoms with Crippen LogP contribution in [0.3, 0.4) is 0 Å². The predicted octanol–water partition coefficient (Wildman–Crippen LogP) is 4.23. The molecule has 9 nitrogen and oxygen atoms in total. The molecule has 5 heterocycles. The fourth-order valence-corrected chi connectivity index (χ4v) is 4.86. The molecule has 1 aliphatic heterocycles. The number of rotatable bonds is 8. The minimum Gasteiger partial charge on any atom is -0.346 e. The monoisotopic (exact) mass is 514 g/mol. The number of carbonyl (C=O) groups excluding carboxylic acids is 1. The van der Waals surface area contributed by atoms with Gasteiger partial charge in [-0.2, -0.15) is 23.4 Å². The van der Waals surface area contributed by atoms with Crippen LogP contribution in [0.25, 0.3) is 33.3 Å². The summed E-state index contributed by atoms with van der Waals surface area (Å²) in [5.74, 6) is 0. The first-order valence-electron chi connectivity index (χ1n) is 12.3. The molecule has 1 aliphatic rings. The van der Waals surface area contributed by atoms with Gasteiger partial charge in [0.2, 0.25) is 6.41 Å². The van der Waals surface area contributed by atoms with Gasteiger partial charge in [0.1, 0.15) is 5.65 Å². The van der Waals surface area contributed by atoms with Crippen molar-refractivity contribution in [3.05, 3.63) is 42.2 Å². The molecule has 4 aromatic rings. The summed E-state index contributed by atoms with van der Waals surface area (Å²) in [6.07, 6.45) is 5.32. The number of alkyl halides is 3. The van der Waals surface area contributed by atoms with E-state index in [-0.39, 0.29) is 11.6 Å². The average molecular weight is 515 g/mol. The van der Waals surface area contributed by atoms with Gasteiger partial charge in [0.05, 0.1) is 18.3 Å². The van der Waals surface area contributed by atoms with E-state index in [4.69, 9.17) is 5.10 Å².